The molecule has 0 bridgehead atoms. The molecule has 0 radical (unpaired) electrons. The zero-order valence-electron chi connectivity index (χ0n) is 12.3. The third-order valence-electron chi connectivity index (χ3n) is 2.59. The molecule has 0 saturated carbocycles. The first-order chi connectivity index (χ1) is 9.50. The third-order valence-corrected chi connectivity index (χ3v) is 2.59. The number of pyridine rings is 2. The summed E-state index contributed by atoms with van der Waals surface area (Å²) in [7, 11) is 0. The number of nitrogens with two attached hydrogens (primary N) is 1. The Morgan fingerprint density at radius 2 is 1.75 bits per heavy atom. The van der Waals surface area contributed by atoms with Crippen molar-refractivity contribution in [3.05, 3.63) is 59.9 Å². The second-order valence-corrected chi connectivity index (χ2v) is 5.07. The van der Waals surface area contributed by atoms with E-state index in [0.717, 1.165) is 5.69 Å². The lowest BCUT2D eigenvalue weighted by atomic mass is 10.1. The minimum atomic E-state index is -0.193. The van der Waals surface area contributed by atoms with Crippen molar-refractivity contribution in [2.45, 2.75) is 33.2 Å². The molecule has 0 aliphatic carbocycles. The molecular formula is C16H22FN3. The largest absolute Gasteiger partial charge is 0.323 e. The highest BCUT2D eigenvalue weighted by molar-refractivity contribution is 5.07. The van der Waals surface area contributed by atoms with Crippen LogP contribution in [-0.4, -0.2) is 9.97 Å². The van der Waals surface area contributed by atoms with Crippen LogP contribution in [0.4, 0.5) is 4.39 Å². The summed E-state index contributed by atoms with van der Waals surface area (Å²) >= 11 is 0. The molecule has 0 saturated heterocycles. The van der Waals surface area contributed by atoms with Crippen molar-refractivity contribution < 1.29 is 4.39 Å². The summed E-state index contributed by atoms with van der Waals surface area (Å²) in [5.41, 5.74) is 7.07. The quantitative estimate of drug-likeness (QED) is 0.932. The van der Waals surface area contributed by atoms with Crippen LogP contribution in [0, 0.1) is 11.7 Å². The van der Waals surface area contributed by atoms with Gasteiger partial charge in [0.05, 0.1) is 11.4 Å². The molecule has 2 aromatic heterocycles. The van der Waals surface area contributed by atoms with Gasteiger partial charge in [0, 0.05) is 18.4 Å². The molecule has 108 valence electrons. The summed E-state index contributed by atoms with van der Waals surface area (Å²) in [4.78, 5) is 8.00. The maximum absolute atomic E-state index is 12.9. The first-order valence-corrected chi connectivity index (χ1v) is 6.76. The molecule has 4 heteroatoms. The molecule has 0 aliphatic rings. The number of hydrogen-bond acceptors (Lipinski definition) is 3. The summed E-state index contributed by atoms with van der Waals surface area (Å²) in [5, 5.41) is 0. The molecule has 3 nitrogen and oxygen atoms in total. The van der Waals surface area contributed by atoms with Crippen LogP contribution in [0.15, 0.2) is 42.7 Å². The van der Waals surface area contributed by atoms with Crippen LogP contribution in [0.2, 0.25) is 0 Å². The second-order valence-electron chi connectivity index (χ2n) is 5.07. The molecule has 2 N–H and O–H groups in total. The van der Waals surface area contributed by atoms with Crippen LogP contribution in [0.1, 0.15) is 38.2 Å². The highest BCUT2D eigenvalue weighted by atomic mass is 19.1. The Kier molecular flexibility index (Phi) is 6.81. The number of hydrogen-bond donors (Lipinski definition) is 1. The molecule has 20 heavy (non-hydrogen) atoms. The molecule has 1 atom stereocenters. The summed E-state index contributed by atoms with van der Waals surface area (Å²) in [5.74, 6) is 0.264. The van der Waals surface area contributed by atoms with E-state index in [9.17, 15) is 4.39 Å². The fourth-order valence-corrected chi connectivity index (χ4v) is 1.60. The van der Waals surface area contributed by atoms with Crippen molar-refractivity contribution in [3.8, 4) is 0 Å². The van der Waals surface area contributed by atoms with Gasteiger partial charge >= 0.3 is 0 Å². The van der Waals surface area contributed by atoms with Gasteiger partial charge in [-0.1, -0.05) is 19.9 Å². The van der Waals surface area contributed by atoms with Gasteiger partial charge in [-0.15, -0.1) is 0 Å². The lowest BCUT2D eigenvalue weighted by molar-refractivity contribution is 0.560. The Morgan fingerprint density at radius 3 is 2.20 bits per heavy atom. The lowest BCUT2D eigenvalue weighted by Crippen LogP contribution is -2.06. The molecular weight excluding hydrogens is 253 g/mol. The molecule has 2 heterocycles. The van der Waals surface area contributed by atoms with Crippen molar-refractivity contribution in [2.24, 2.45) is 11.7 Å². The van der Waals surface area contributed by atoms with Gasteiger partial charge in [0.25, 0.3) is 0 Å². The molecule has 2 rings (SSSR count). The topological polar surface area (TPSA) is 51.8 Å². The first kappa shape index (κ1) is 16.2. The third kappa shape index (κ3) is 5.89. The zero-order chi connectivity index (χ0) is 15.0. The van der Waals surface area contributed by atoms with Crippen LogP contribution in [0.3, 0.4) is 0 Å². The predicted octanol–water partition coefficient (Wildman–Crippen LogP) is 3.52. The Bertz CT molecular complexity index is 498. The van der Waals surface area contributed by atoms with Crippen LogP contribution < -0.4 is 5.73 Å². The Balaban J connectivity index is 0.000000204. The minimum Gasteiger partial charge on any atom is -0.323 e. The number of aromatic nitrogens is 2. The van der Waals surface area contributed by atoms with E-state index < -0.39 is 0 Å². The number of rotatable bonds is 3. The lowest BCUT2D eigenvalue weighted by Gasteiger charge is -2.03. The summed E-state index contributed by atoms with van der Waals surface area (Å²) in [6.45, 7) is 6.02. The van der Waals surface area contributed by atoms with Crippen molar-refractivity contribution in [1.29, 1.82) is 0 Å². The van der Waals surface area contributed by atoms with E-state index in [-0.39, 0.29) is 11.9 Å². The molecule has 2 aromatic rings. The van der Waals surface area contributed by atoms with Gasteiger partial charge in [-0.3, -0.25) is 9.97 Å². The van der Waals surface area contributed by atoms with Crippen LogP contribution >= 0.6 is 0 Å². The summed E-state index contributed by atoms with van der Waals surface area (Å²) in [6.07, 6.45) is 4.09. The van der Waals surface area contributed by atoms with Crippen LogP contribution in [0.5, 0.6) is 0 Å². The highest BCUT2D eigenvalue weighted by Gasteiger charge is 2.03. The Labute approximate surface area is 120 Å². The van der Waals surface area contributed by atoms with Crippen LogP contribution in [-0.2, 0) is 6.42 Å². The van der Waals surface area contributed by atoms with Gasteiger partial charge < -0.3 is 5.73 Å². The maximum atomic E-state index is 12.9. The van der Waals surface area contributed by atoms with E-state index in [2.05, 4.69) is 9.97 Å². The SMILES string of the molecule is CC(C)Cc1ncccc1F.CC(N)c1ccccn1. The molecule has 0 aromatic carbocycles. The average molecular weight is 275 g/mol. The first-order valence-electron chi connectivity index (χ1n) is 6.76. The highest BCUT2D eigenvalue weighted by Crippen LogP contribution is 2.08. The molecule has 0 fully saturated rings. The number of nitrogens with zero attached hydrogens (tertiary/aromatic N) is 2. The van der Waals surface area contributed by atoms with E-state index >= 15 is 0 Å². The van der Waals surface area contributed by atoms with Gasteiger partial charge in [0.1, 0.15) is 5.82 Å². The van der Waals surface area contributed by atoms with E-state index in [1.165, 1.54) is 6.07 Å². The van der Waals surface area contributed by atoms with Crippen molar-refractivity contribution >= 4 is 0 Å². The van der Waals surface area contributed by atoms with E-state index in [0.29, 0.717) is 18.0 Å². The van der Waals surface area contributed by atoms with Crippen molar-refractivity contribution in [2.75, 3.05) is 0 Å². The summed E-state index contributed by atoms with van der Waals surface area (Å²) < 4.78 is 12.9. The average Bonchev–Trinajstić information content (AvgIpc) is 2.43. The number of halogens is 1. The van der Waals surface area contributed by atoms with Gasteiger partial charge in [-0.25, -0.2) is 4.39 Å². The molecule has 1 unspecified atom stereocenters. The van der Waals surface area contributed by atoms with Gasteiger partial charge in [0.15, 0.2) is 0 Å². The summed E-state index contributed by atoms with van der Waals surface area (Å²) in [6, 6.07) is 8.85. The maximum Gasteiger partial charge on any atom is 0.144 e. The Morgan fingerprint density at radius 1 is 1.05 bits per heavy atom. The van der Waals surface area contributed by atoms with Crippen LogP contribution in [0.25, 0.3) is 0 Å². The van der Waals surface area contributed by atoms with Crippen molar-refractivity contribution in [3.63, 3.8) is 0 Å². The van der Waals surface area contributed by atoms with E-state index in [1.54, 1.807) is 18.5 Å². The second kappa shape index (κ2) is 8.38. The predicted molar refractivity (Wildman–Crippen MR) is 79.6 cm³/mol. The standard InChI is InChI=1S/C9H12FN.C7H10N2/c1-7(2)6-9-8(10)4-3-5-11-9;1-6(8)7-4-2-3-5-9-7/h3-5,7H,6H2,1-2H3;2-6H,8H2,1H3. The normalized spacial score (nSPS) is 11.7. The molecule has 0 amide bonds. The Hall–Kier alpha value is -1.81. The van der Waals surface area contributed by atoms with Gasteiger partial charge in [-0.2, -0.15) is 0 Å². The fourth-order valence-electron chi connectivity index (χ4n) is 1.60. The fraction of sp³-hybridized carbons (Fsp3) is 0.375. The smallest absolute Gasteiger partial charge is 0.144 e. The minimum absolute atomic E-state index is 0.0474. The van der Waals surface area contributed by atoms with E-state index in [4.69, 9.17) is 5.73 Å². The van der Waals surface area contributed by atoms with E-state index in [1.807, 2.05) is 39.0 Å². The zero-order valence-corrected chi connectivity index (χ0v) is 12.3. The van der Waals surface area contributed by atoms with Crippen molar-refractivity contribution in [1.82, 2.24) is 9.97 Å². The van der Waals surface area contributed by atoms with Gasteiger partial charge in [-0.05, 0) is 43.5 Å². The molecule has 0 spiro atoms. The van der Waals surface area contributed by atoms with Gasteiger partial charge in [0.2, 0.25) is 0 Å². The monoisotopic (exact) mass is 275 g/mol. The molecule has 0 aliphatic heterocycles.